The molecule has 0 atom stereocenters. The standard InChI is InChI=1S/C21H27N5O2/c1-24-8-10-25(11-9-24)17-6-7-19(22-16-17)21(27)23-18-4-2-3-5-20(18)26-12-14-28-15-13-26/h2-7,16H,8-15H2,1H3,(H,23,27). The number of aromatic nitrogens is 1. The van der Waals surface area contributed by atoms with Crippen molar-refractivity contribution >= 4 is 23.0 Å². The van der Waals surface area contributed by atoms with Gasteiger partial charge in [-0.25, -0.2) is 4.98 Å². The van der Waals surface area contributed by atoms with Crippen molar-refractivity contribution in [1.82, 2.24) is 9.88 Å². The highest BCUT2D eigenvalue weighted by atomic mass is 16.5. The summed E-state index contributed by atoms with van der Waals surface area (Å²) in [6, 6.07) is 11.7. The molecular formula is C21H27N5O2. The lowest BCUT2D eigenvalue weighted by Crippen LogP contribution is -2.44. The number of amides is 1. The summed E-state index contributed by atoms with van der Waals surface area (Å²) in [5.41, 5.74) is 3.32. The minimum Gasteiger partial charge on any atom is -0.378 e. The Balaban J connectivity index is 1.44. The lowest BCUT2D eigenvalue weighted by atomic mass is 10.2. The predicted molar refractivity (Wildman–Crippen MR) is 111 cm³/mol. The molecule has 1 amide bonds. The Bertz CT molecular complexity index is 797. The van der Waals surface area contributed by atoms with Crippen LogP contribution in [0.25, 0.3) is 0 Å². The number of carbonyl (C=O) groups is 1. The van der Waals surface area contributed by atoms with E-state index in [1.165, 1.54) is 0 Å². The Morgan fingerprint density at radius 1 is 0.964 bits per heavy atom. The van der Waals surface area contributed by atoms with Gasteiger partial charge in [0.05, 0.1) is 36.5 Å². The number of anilines is 3. The first-order valence-electron chi connectivity index (χ1n) is 9.83. The van der Waals surface area contributed by atoms with Crippen molar-refractivity contribution in [2.24, 2.45) is 0 Å². The zero-order chi connectivity index (χ0) is 19.3. The van der Waals surface area contributed by atoms with Gasteiger partial charge >= 0.3 is 0 Å². The molecule has 1 N–H and O–H groups in total. The average molecular weight is 381 g/mol. The number of hydrogen-bond donors (Lipinski definition) is 1. The van der Waals surface area contributed by atoms with E-state index in [9.17, 15) is 4.79 Å². The van der Waals surface area contributed by atoms with Gasteiger partial charge < -0.3 is 24.8 Å². The Labute approximate surface area is 165 Å². The van der Waals surface area contributed by atoms with E-state index in [1.54, 1.807) is 12.3 Å². The summed E-state index contributed by atoms with van der Waals surface area (Å²) in [4.78, 5) is 24.0. The van der Waals surface area contributed by atoms with Crippen LogP contribution in [0.15, 0.2) is 42.6 Å². The zero-order valence-electron chi connectivity index (χ0n) is 16.3. The van der Waals surface area contributed by atoms with Gasteiger partial charge in [0.1, 0.15) is 5.69 Å². The normalized spacial score (nSPS) is 18.2. The highest BCUT2D eigenvalue weighted by molar-refractivity contribution is 6.04. The van der Waals surface area contributed by atoms with Crippen molar-refractivity contribution in [1.29, 1.82) is 0 Å². The van der Waals surface area contributed by atoms with E-state index in [0.29, 0.717) is 18.9 Å². The first kappa shape index (κ1) is 18.7. The van der Waals surface area contributed by atoms with Gasteiger partial charge in [-0.3, -0.25) is 4.79 Å². The van der Waals surface area contributed by atoms with Gasteiger partial charge in [0.2, 0.25) is 0 Å². The number of rotatable bonds is 4. The van der Waals surface area contributed by atoms with Crippen molar-refractivity contribution in [3.8, 4) is 0 Å². The van der Waals surface area contributed by atoms with Crippen molar-refractivity contribution in [2.75, 3.05) is 74.6 Å². The summed E-state index contributed by atoms with van der Waals surface area (Å²) in [7, 11) is 2.14. The molecule has 1 aromatic carbocycles. The lowest BCUT2D eigenvalue weighted by Gasteiger charge is -2.33. The second-order valence-corrected chi connectivity index (χ2v) is 7.26. The second kappa shape index (κ2) is 8.58. The summed E-state index contributed by atoms with van der Waals surface area (Å²) < 4.78 is 5.43. The number of para-hydroxylation sites is 2. The monoisotopic (exact) mass is 381 g/mol. The van der Waals surface area contributed by atoms with Crippen LogP contribution in [0.5, 0.6) is 0 Å². The number of hydrogen-bond acceptors (Lipinski definition) is 6. The van der Waals surface area contributed by atoms with Crippen molar-refractivity contribution in [3.05, 3.63) is 48.3 Å². The second-order valence-electron chi connectivity index (χ2n) is 7.26. The maximum absolute atomic E-state index is 12.7. The molecule has 4 rings (SSSR count). The number of benzene rings is 1. The van der Waals surface area contributed by atoms with Crippen LogP contribution in [0.3, 0.4) is 0 Å². The SMILES string of the molecule is CN1CCN(c2ccc(C(=O)Nc3ccccc3N3CCOCC3)nc2)CC1. The molecule has 28 heavy (non-hydrogen) atoms. The number of nitrogens with one attached hydrogen (secondary N) is 1. The Morgan fingerprint density at radius 2 is 1.71 bits per heavy atom. The highest BCUT2D eigenvalue weighted by Gasteiger charge is 2.18. The van der Waals surface area contributed by atoms with E-state index >= 15 is 0 Å². The van der Waals surface area contributed by atoms with Crippen molar-refractivity contribution in [3.63, 3.8) is 0 Å². The summed E-state index contributed by atoms with van der Waals surface area (Å²) >= 11 is 0. The third kappa shape index (κ3) is 4.26. The van der Waals surface area contributed by atoms with Crippen LogP contribution in [0, 0.1) is 0 Å². The quantitative estimate of drug-likeness (QED) is 0.873. The van der Waals surface area contributed by atoms with Crippen LogP contribution < -0.4 is 15.1 Å². The molecule has 2 aromatic rings. The molecule has 0 saturated carbocycles. The van der Waals surface area contributed by atoms with E-state index in [4.69, 9.17) is 4.74 Å². The van der Waals surface area contributed by atoms with E-state index in [1.807, 2.05) is 30.3 Å². The molecule has 0 radical (unpaired) electrons. The molecule has 0 aliphatic carbocycles. The summed E-state index contributed by atoms with van der Waals surface area (Å²) in [5.74, 6) is -0.189. The lowest BCUT2D eigenvalue weighted by molar-refractivity contribution is 0.102. The fourth-order valence-electron chi connectivity index (χ4n) is 3.62. The Kier molecular flexibility index (Phi) is 5.73. The number of carbonyl (C=O) groups excluding carboxylic acids is 1. The molecule has 0 spiro atoms. The van der Waals surface area contributed by atoms with Crippen LogP contribution >= 0.6 is 0 Å². The van der Waals surface area contributed by atoms with Gasteiger partial charge in [0.15, 0.2) is 0 Å². The molecule has 0 bridgehead atoms. The third-order valence-corrected chi connectivity index (χ3v) is 5.35. The third-order valence-electron chi connectivity index (χ3n) is 5.35. The van der Waals surface area contributed by atoms with Gasteiger partial charge in [-0.05, 0) is 31.3 Å². The maximum atomic E-state index is 12.7. The molecular weight excluding hydrogens is 354 g/mol. The number of likely N-dealkylation sites (N-methyl/N-ethyl adjacent to an activating group) is 1. The molecule has 3 heterocycles. The van der Waals surface area contributed by atoms with Crippen molar-refractivity contribution in [2.45, 2.75) is 0 Å². The van der Waals surface area contributed by atoms with Crippen LogP contribution in [0.1, 0.15) is 10.5 Å². The molecule has 2 saturated heterocycles. The molecule has 148 valence electrons. The minimum absolute atomic E-state index is 0.189. The molecule has 1 aromatic heterocycles. The Hall–Kier alpha value is -2.64. The van der Waals surface area contributed by atoms with E-state index in [0.717, 1.165) is 56.3 Å². The van der Waals surface area contributed by atoms with E-state index in [-0.39, 0.29) is 5.91 Å². The number of ether oxygens (including phenoxy) is 1. The molecule has 2 fully saturated rings. The number of morpholine rings is 1. The fraction of sp³-hybridized carbons (Fsp3) is 0.429. The zero-order valence-corrected chi connectivity index (χ0v) is 16.3. The number of pyridine rings is 1. The topological polar surface area (TPSA) is 60.9 Å². The molecule has 2 aliphatic heterocycles. The minimum atomic E-state index is -0.189. The molecule has 7 heteroatoms. The van der Waals surface area contributed by atoms with Crippen LogP contribution in [0.4, 0.5) is 17.1 Å². The van der Waals surface area contributed by atoms with Gasteiger partial charge in [-0.15, -0.1) is 0 Å². The van der Waals surface area contributed by atoms with Gasteiger partial charge in [-0.2, -0.15) is 0 Å². The first-order valence-corrected chi connectivity index (χ1v) is 9.83. The molecule has 0 unspecified atom stereocenters. The smallest absolute Gasteiger partial charge is 0.274 e. The van der Waals surface area contributed by atoms with Gasteiger partial charge in [-0.1, -0.05) is 12.1 Å². The van der Waals surface area contributed by atoms with Crippen LogP contribution in [0.2, 0.25) is 0 Å². The summed E-state index contributed by atoms with van der Waals surface area (Å²) in [5, 5.41) is 3.02. The van der Waals surface area contributed by atoms with Gasteiger partial charge in [0, 0.05) is 39.3 Å². The molecule has 7 nitrogen and oxygen atoms in total. The number of piperazine rings is 1. The fourth-order valence-corrected chi connectivity index (χ4v) is 3.62. The maximum Gasteiger partial charge on any atom is 0.274 e. The van der Waals surface area contributed by atoms with Crippen molar-refractivity contribution < 1.29 is 9.53 Å². The highest BCUT2D eigenvalue weighted by Crippen LogP contribution is 2.27. The number of nitrogens with zero attached hydrogens (tertiary/aromatic N) is 4. The van der Waals surface area contributed by atoms with Crippen LogP contribution in [-0.2, 0) is 4.74 Å². The Morgan fingerprint density at radius 3 is 2.43 bits per heavy atom. The predicted octanol–water partition coefficient (Wildman–Crippen LogP) is 1.92. The molecule has 2 aliphatic rings. The summed E-state index contributed by atoms with van der Waals surface area (Å²) in [6.45, 7) is 7.11. The average Bonchev–Trinajstić information content (AvgIpc) is 2.75. The summed E-state index contributed by atoms with van der Waals surface area (Å²) in [6.07, 6.45) is 1.80. The largest absolute Gasteiger partial charge is 0.378 e. The van der Waals surface area contributed by atoms with E-state index < -0.39 is 0 Å². The van der Waals surface area contributed by atoms with Gasteiger partial charge in [0.25, 0.3) is 5.91 Å². The van der Waals surface area contributed by atoms with Crippen LogP contribution in [-0.4, -0.2) is 75.3 Å². The van der Waals surface area contributed by atoms with E-state index in [2.05, 4.69) is 32.0 Å². The first-order chi connectivity index (χ1) is 13.7.